The van der Waals surface area contributed by atoms with Crippen LogP contribution in [0.25, 0.3) is 0 Å². The van der Waals surface area contributed by atoms with Crippen LogP contribution in [-0.4, -0.2) is 85.3 Å². The van der Waals surface area contributed by atoms with Crippen LogP contribution in [0, 0.1) is 0 Å². The first-order valence-corrected chi connectivity index (χ1v) is 12.6. The largest absolute Gasteiger partial charge is 0.508 e. The quantitative estimate of drug-likeness (QED) is 0.115. The van der Waals surface area contributed by atoms with E-state index in [1.165, 1.54) is 48.5 Å². The molecule has 0 aliphatic heterocycles. The van der Waals surface area contributed by atoms with Crippen LogP contribution in [0.15, 0.2) is 48.5 Å². The fourth-order valence-electron chi connectivity index (χ4n) is 3.76. The minimum atomic E-state index is -1.75. The predicted octanol–water partition coefficient (Wildman–Crippen LogP) is -0.911. The molecule has 15 nitrogen and oxygen atoms in total. The number of nitrogens with one attached hydrogen (secondary N) is 3. The van der Waals surface area contributed by atoms with E-state index in [2.05, 4.69) is 16.0 Å². The molecule has 0 fully saturated rings. The number of aromatic hydroxyl groups is 2. The van der Waals surface area contributed by atoms with Crippen molar-refractivity contribution >= 4 is 35.6 Å². The van der Waals surface area contributed by atoms with Gasteiger partial charge < -0.3 is 47.2 Å². The number of phenolic OH excluding ortho intramolecular Hbond substituents is 2. The van der Waals surface area contributed by atoms with E-state index in [4.69, 9.17) is 10.8 Å². The molecule has 2 aromatic rings. The second kappa shape index (κ2) is 15.6. The smallest absolute Gasteiger partial charge is 0.326 e. The molecular formula is C27H32N4O11. The molecule has 0 aliphatic rings. The van der Waals surface area contributed by atoms with Gasteiger partial charge in [0.15, 0.2) is 0 Å². The summed E-state index contributed by atoms with van der Waals surface area (Å²) >= 11 is 0. The number of nitrogens with two attached hydrogens (primary N) is 1. The molecular weight excluding hydrogens is 556 g/mol. The van der Waals surface area contributed by atoms with Gasteiger partial charge in [-0.1, -0.05) is 24.3 Å². The Morgan fingerprint density at radius 1 is 0.619 bits per heavy atom. The highest BCUT2D eigenvalue weighted by Gasteiger charge is 2.32. The molecule has 0 spiro atoms. The van der Waals surface area contributed by atoms with Crippen LogP contribution < -0.4 is 21.7 Å². The molecule has 10 N–H and O–H groups in total. The molecule has 2 rings (SSSR count). The molecule has 0 radical (unpaired) electrons. The summed E-state index contributed by atoms with van der Waals surface area (Å²) in [4.78, 5) is 73.0. The van der Waals surface area contributed by atoms with Gasteiger partial charge in [-0.3, -0.25) is 24.0 Å². The summed E-state index contributed by atoms with van der Waals surface area (Å²) in [6.07, 6.45) is -2.00. The third-order valence-electron chi connectivity index (χ3n) is 6.02. The number of carboxylic acid groups (broad SMARTS) is 3. The molecule has 0 aromatic heterocycles. The molecule has 4 unspecified atom stereocenters. The Morgan fingerprint density at radius 2 is 1.05 bits per heavy atom. The average Bonchev–Trinajstić information content (AvgIpc) is 2.92. The number of carbonyl (C=O) groups is 6. The summed E-state index contributed by atoms with van der Waals surface area (Å²) in [5.74, 6) is -7.26. The Bertz CT molecular complexity index is 1280. The number of carboxylic acids is 3. The van der Waals surface area contributed by atoms with Gasteiger partial charge in [-0.25, -0.2) is 4.79 Å². The van der Waals surface area contributed by atoms with Crippen molar-refractivity contribution in [3.05, 3.63) is 59.7 Å². The summed E-state index contributed by atoms with van der Waals surface area (Å²) in [7, 11) is 0. The van der Waals surface area contributed by atoms with Gasteiger partial charge >= 0.3 is 17.9 Å². The lowest BCUT2D eigenvalue weighted by Crippen LogP contribution is -2.58. The van der Waals surface area contributed by atoms with Crippen LogP contribution in [0.5, 0.6) is 11.5 Å². The van der Waals surface area contributed by atoms with Crippen molar-refractivity contribution in [2.75, 3.05) is 0 Å². The summed E-state index contributed by atoms with van der Waals surface area (Å²) in [6.45, 7) is 0. The van der Waals surface area contributed by atoms with Crippen molar-refractivity contribution < 1.29 is 54.3 Å². The summed E-state index contributed by atoms with van der Waals surface area (Å²) in [5, 5.41) is 53.5. The van der Waals surface area contributed by atoms with E-state index in [0.29, 0.717) is 11.1 Å². The van der Waals surface area contributed by atoms with Gasteiger partial charge in [-0.05, 0) is 41.8 Å². The van der Waals surface area contributed by atoms with Gasteiger partial charge in [0.25, 0.3) is 0 Å². The number of amides is 3. The van der Waals surface area contributed by atoms with E-state index in [1.807, 2.05) is 0 Å². The molecule has 4 atom stereocenters. The van der Waals surface area contributed by atoms with Crippen LogP contribution in [0.2, 0.25) is 0 Å². The molecule has 42 heavy (non-hydrogen) atoms. The van der Waals surface area contributed by atoms with E-state index in [0.717, 1.165) is 0 Å². The van der Waals surface area contributed by atoms with Crippen LogP contribution >= 0.6 is 0 Å². The zero-order chi connectivity index (χ0) is 31.4. The molecule has 2 aromatic carbocycles. The molecule has 0 heterocycles. The molecule has 0 saturated carbocycles. The van der Waals surface area contributed by atoms with Crippen LogP contribution in [0.3, 0.4) is 0 Å². The van der Waals surface area contributed by atoms with Crippen molar-refractivity contribution in [2.45, 2.75) is 56.3 Å². The van der Waals surface area contributed by atoms with E-state index >= 15 is 0 Å². The van der Waals surface area contributed by atoms with Crippen LogP contribution in [0.1, 0.15) is 30.4 Å². The minimum Gasteiger partial charge on any atom is -0.508 e. The second-order valence-corrected chi connectivity index (χ2v) is 9.40. The van der Waals surface area contributed by atoms with Gasteiger partial charge in [0, 0.05) is 19.3 Å². The lowest BCUT2D eigenvalue weighted by atomic mass is 10.0. The van der Waals surface area contributed by atoms with Gasteiger partial charge in [-0.2, -0.15) is 0 Å². The highest BCUT2D eigenvalue weighted by atomic mass is 16.4. The number of aliphatic carboxylic acids is 3. The van der Waals surface area contributed by atoms with Crippen LogP contribution in [0.4, 0.5) is 0 Å². The summed E-state index contributed by atoms with van der Waals surface area (Å²) < 4.78 is 0. The lowest BCUT2D eigenvalue weighted by Gasteiger charge is -2.25. The van der Waals surface area contributed by atoms with Gasteiger partial charge in [0.05, 0.1) is 12.5 Å². The maximum atomic E-state index is 13.3. The van der Waals surface area contributed by atoms with E-state index in [9.17, 15) is 49.2 Å². The maximum absolute atomic E-state index is 13.3. The number of hydrogen-bond acceptors (Lipinski definition) is 9. The SMILES string of the molecule is NC(CCC(=O)O)C(=O)NC(Cc1ccc(O)cc1)C(=O)NC(CC(=O)O)C(=O)NC(Cc1ccc(O)cc1)C(=O)O. The van der Waals surface area contributed by atoms with Crippen molar-refractivity contribution in [1.29, 1.82) is 0 Å². The fourth-order valence-corrected chi connectivity index (χ4v) is 3.76. The van der Waals surface area contributed by atoms with E-state index < -0.39 is 72.6 Å². The normalized spacial score (nSPS) is 13.5. The minimum absolute atomic E-state index is 0.0595. The van der Waals surface area contributed by atoms with E-state index in [-0.39, 0.29) is 30.8 Å². The Hall–Kier alpha value is -5.18. The van der Waals surface area contributed by atoms with Crippen molar-refractivity contribution in [2.24, 2.45) is 5.73 Å². The molecule has 15 heteroatoms. The Balaban J connectivity index is 2.24. The first kappa shape index (κ1) is 33.0. The van der Waals surface area contributed by atoms with Gasteiger partial charge in [-0.15, -0.1) is 0 Å². The standard InChI is InChI=1S/C27H32N4O11/c28-18(9-10-22(34)35)24(38)29-19(11-14-1-5-16(32)6-2-14)25(39)30-20(13-23(36)37)26(40)31-21(27(41)42)12-15-3-7-17(33)8-4-15/h1-8,18-21,32-33H,9-13,28H2,(H,29,38)(H,30,39)(H,31,40)(H,34,35)(H,36,37)(H,41,42). The van der Waals surface area contributed by atoms with Crippen molar-refractivity contribution in [1.82, 2.24) is 16.0 Å². The first-order chi connectivity index (χ1) is 19.7. The number of rotatable bonds is 16. The fraction of sp³-hybridized carbons (Fsp3) is 0.333. The first-order valence-electron chi connectivity index (χ1n) is 12.6. The highest BCUT2D eigenvalue weighted by Crippen LogP contribution is 2.13. The Morgan fingerprint density at radius 3 is 1.50 bits per heavy atom. The zero-order valence-corrected chi connectivity index (χ0v) is 22.2. The van der Waals surface area contributed by atoms with Gasteiger partial charge in [0.2, 0.25) is 17.7 Å². The summed E-state index contributed by atoms with van der Waals surface area (Å²) in [5.41, 5.74) is 6.64. The average molecular weight is 589 g/mol. The predicted molar refractivity (Wildman–Crippen MR) is 144 cm³/mol. The Kier molecular flexibility index (Phi) is 12.2. The number of benzene rings is 2. The second-order valence-electron chi connectivity index (χ2n) is 9.40. The third-order valence-corrected chi connectivity index (χ3v) is 6.02. The van der Waals surface area contributed by atoms with Gasteiger partial charge in [0.1, 0.15) is 29.6 Å². The van der Waals surface area contributed by atoms with Crippen LogP contribution in [-0.2, 0) is 41.6 Å². The topological polar surface area (TPSA) is 266 Å². The third kappa shape index (κ3) is 11.1. The molecule has 0 bridgehead atoms. The molecule has 0 saturated heterocycles. The highest BCUT2D eigenvalue weighted by molar-refractivity contribution is 5.95. The number of hydrogen-bond donors (Lipinski definition) is 9. The summed E-state index contributed by atoms with van der Waals surface area (Å²) in [6, 6.07) is 5.07. The lowest BCUT2D eigenvalue weighted by molar-refractivity contribution is -0.143. The molecule has 3 amide bonds. The zero-order valence-electron chi connectivity index (χ0n) is 22.2. The molecule has 0 aliphatic carbocycles. The number of phenols is 2. The Labute approximate surface area is 239 Å². The molecule has 226 valence electrons. The maximum Gasteiger partial charge on any atom is 0.326 e. The van der Waals surface area contributed by atoms with E-state index in [1.54, 1.807) is 0 Å². The monoisotopic (exact) mass is 588 g/mol. The number of carbonyl (C=O) groups excluding carboxylic acids is 3. The van der Waals surface area contributed by atoms with Crippen molar-refractivity contribution in [3.8, 4) is 11.5 Å². The van der Waals surface area contributed by atoms with Crippen molar-refractivity contribution in [3.63, 3.8) is 0 Å².